The Morgan fingerprint density at radius 1 is 0.857 bits per heavy atom. The van der Waals surface area contributed by atoms with Gasteiger partial charge in [-0.1, -0.05) is 29.8 Å². The van der Waals surface area contributed by atoms with Crippen molar-refractivity contribution in [2.45, 2.75) is 0 Å². The number of hydrogen-bond acceptors (Lipinski definition) is 3. The quantitative estimate of drug-likeness (QED) is 0.710. The number of halogens is 1. The minimum Gasteiger partial charge on any atom is -0.493 e. The van der Waals surface area contributed by atoms with Crippen LogP contribution in [0, 0.1) is 0 Å². The van der Waals surface area contributed by atoms with Crippen molar-refractivity contribution in [3.05, 3.63) is 53.6 Å². The first-order chi connectivity index (χ1) is 10.2. The highest BCUT2D eigenvalue weighted by atomic mass is 35.5. The lowest BCUT2D eigenvalue weighted by atomic mass is 10.1. The van der Waals surface area contributed by atoms with Gasteiger partial charge in [-0.2, -0.15) is 0 Å². The molecule has 106 valence electrons. The lowest BCUT2D eigenvalue weighted by Gasteiger charge is -2.09. The van der Waals surface area contributed by atoms with Crippen LogP contribution in [0.1, 0.15) is 0 Å². The summed E-state index contributed by atoms with van der Waals surface area (Å²) in [5.41, 5.74) is 2.78. The number of methoxy groups -OCH3 is 2. The number of fused-ring (bicyclic) bond motifs is 1. The molecular weight excluding hydrogens is 286 g/mol. The Hall–Kier alpha value is -2.26. The van der Waals surface area contributed by atoms with E-state index in [1.54, 1.807) is 14.2 Å². The summed E-state index contributed by atoms with van der Waals surface area (Å²) in [6, 6.07) is 15.4. The number of aromatic nitrogens is 1. The first-order valence-corrected chi connectivity index (χ1v) is 6.88. The van der Waals surface area contributed by atoms with Crippen LogP contribution in [0.25, 0.3) is 22.2 Å². The summed E-state index contributed by atoms with van der Waals surface area (Å²) in [5.74, 6) is 1.37. The zero-order valence-corrected chi connectivity index (χ0v) is 12.5. The van der Waals surface area contributed by atoms with E-state index in [2.05, 4.69) is 4.98 Å². The zero-order chi connectivity index (χ0) is 14.8. The maximum Gasteiger partial charge on any atom is 0.162 e. The molecule has 0 atom stereocenters. The molecule has 2 aromatic carbocycles. The Morgan fingerprint density at radius 2 is 1.52 bits per heavy atom. The van der Waals surface area contributed by atoms with E-state index < -0.39 is 0 Å². The van der Waals surface area contributed by atoms with E-state index in [4.69, 9.17) is 21.1 Å². The molecule has 0 aliphatic heterocycles. The van der Waals surface area contributed by atoms with Crippen molar-refractivity contribution < 1.29 is 9.47 Å². The van der Waals surface area contributed by atoms with Crippen molar-refractivity contribution in [2.75, 3.05) is 14.2 Å². The molecule has 0 saturated carbocycles. The number of ether oxygens (including phenoxy) is 2. The Labute approximate surface area is 128 Å². The monoisotopic (exact) mass is 299 g/mol. The van der Waals surface area contributed by atoms with Crippen LogP contribution in [0.4, 0.5) is 0 Å². The number of benzene rings is 2. The van der Waals surface area contributed by atoms with Crippen molar-refractivity contribution >= 4 is 22.5 Å². The van der Waals surface area contributed by atoms with Crippen LogP contribution in [0.5, 0.6) is 11.5 Å². The van der Waals surface area contributed by atoms with Crippen molar-refractivity contribution in [1.82, 2.24) is 4.98 Å². The second-order valence-corrected chi connectivity index (χ2v) is 5.04. The van der Waals surface area contributed by atoms with Crippen molar-refractivity contribution in [2.24, 2.45) is 0 Å². The number of rotatable bonds is 3. The smallest absolute Gasteiger partial charge is 0.162 e. The standard InChI is InChI=1S/C17H14ClNO2/c1-20-16-9-12-5-8-14(11-3-6-13(18)7-4-11)19-15(12)10-17(16)21-2/h3-10H,1-2H3. The summed E-state index contributed by atoms with van der Waals surface area (Å²) in [6.45, 7) is 0. The van der Waals surface area contributed by atoms with Gasteiger partial charge in [0.1, 0.15) is 0 Å². The summed E-state index contributed by atoms with van der Waals surface area (Å²) in [4.78, 5) is 4.68. The van der Waals surface area contributed by atoms with Gasteiger partial charge < -0.3 is 9.47 Å². The molecule has 0 bridgehead atoms. The van der Waals surface area contributed by atoms with Gasteiger partial charge in [-0.25, -0.2) is 4.98 Å². The van der Waals surface area contributed by atoms with Gasteiger partial charge in [0.25, 0.3) is 0 Å². The van der Waals surface area contributed by atoms with Gasteiger partial charge in [0, 0.05) is 22.0 Å². The molecule has 3 rings (SSSR count). The van der Waals surface area contributed by atoms with Crippen LogP contribution in [-0.4, -0.2) is 19.2 Å². The van der Waals surface area contributed by atoms with E-state index in [0.717, 1.165) is 22.2 Å². The molecule has 0 spiro atoms. The Bertz CT molecular complexity index is 785. The topological polar surface area (TPSA) is 31.4 Å². The number of nitrogens with zero attached hydrogens (tertiary/aromatic N) is 1. The second kappa shape index (κ2) is 5.62. The highest BCUT2D eigenvalue weighted by Gasteiger charge is 2.08. The average Bonchev–Trinajstić information content (AvgIpc) is 2.53. The molecule has 0 aliphatic rings. The Morgan fingerprint density at radius 3 is 2.19 bits per heavy atom. The largest absolute Gasteiger partial charge is 0.493 e. The third kappa shape index (κ3) is 2.65. The van der Waals surface area contributed by atoms with Crippen LogP contribution in [0.2, 0.25) is 5.02 Å². The summed E-state index contributed by atoms with van der Waals surface area (Å²) in [6.07, 6.45) is 0. The van der Waals surface area contributed by atoms with E-state index in [1.807, 2.05) is 48.5 Å². The molecule has 0 saturated heterocycles. The highest BCUT2D eigenvalue weighted by molar-refractivity contribution is 6.30. The molecule has 0 unspecified atom stereocenters. The molecule has 1 heterocycles. The summed E-state index contributed by atoms with van der Waals surface area (Å²) in [5, 5.41) is 1.72. The molecule has 21 heavy (non-hydrogen) atoms. The predicted octanol–water partition coefficient (Wildman–Crippen LogP) is 4.57. The third-order valence-electron chi connectivity index (χ3n) is 3.33. The maximum absolute atomic E-state index is 5.92. The number of pyridine rings is 1. The van der Waals surface area contributed by atoms with Gasteiger partial charge in [-0.05, 0) is 24.3 Å². The summed E-state index contributed by atoms with van der Waals surface area (Å²) < 4.78 is 10.6. The van der Waals surface area contributed by atoms with E-state index in [-0.39, 0.29) is 0 Å². The van der Waals surface area contributed by atoms with Crippen LogP contribution >= 0.6 is 11.6 Å². The Kier molecular flexibility index (Phi) is 3.67. The lowest BCUT2D eigenvalue weighted by Crippen LogP contribution is -1.92. The fraction of sp³-hybridized carbons (Fsp3) is 0.118. The molecule has 4 heteroatoms. The lowest BCUT2D eigenvalue weighted by molar-refractivity contribution is 0.356. The van der Waals surface area contributed by atoms with Crippen LogP contribution in [-0.2, 0) is 0 Å². The number of hydrogen-bond donors (Lipinski definition) is 0. The van der Waals surface area contributed by atoms with Crippen LogP contribution in [0.3, 0.4) is 0 Å². The van der Waals surface area contributed by atoms with Gasteiger partial charge >= 0.3 is 0 Å². The van der Waals surface area contributed by atoms with Crippen molar-refractivity contribution in [1.29, 1.82) is 0 Å². The van der Waals surface area contributed by atoms with Crippen molar-refractivity contribution in [3.8, 4) is 22.8 Å². The first-order valence-electron chi connectivity index (χ1n) is 6.50. The van der Waals surface area contributed by atoms with Crippen LogP contribution < -0.4 is 9.47 Å². The average molecular weight is 300 g/mol. The molecular formula is C17H14ClNO2. The molecule has 0 fully saturated rings. The highest BCUT2D eigenvalue weighted by Crippen LogP contribution is 2.32. The SMILES string of the molecule is COc1cc2ccc(-c3ccc(Cl)cc3)nc2cc1OC. The molecule has 0 amide bonds. The van der Waals surface area contributed by atoms with Gasteiger partial charge in [-0.3, -0.25) is 0 Å². The van der Waals surface area contributed by atoms with Gasteiger partial charge in [0.2, 0.25) is 0 Å². The third-order valence-corrected chi connectivity index (χ3v) is 3.59. The van der Waals surface area contributed by atoms with E-state index >= 15 is 0 Å². The molecule has 0 N–H and O–H groups in total. The normalized spacial score (nSPS) is 10.6. The Balaban J connectivity index is 2.13. The van der Waals surface area contributed by atoms with Gasteiger partial charge in [0.05, 0.1) is 25.4 Å². The molecule has 3 aromatic rings. The fourth-order valence-electron chi connectivity index (χ4n) is 2.23. The van der Waals surface area contributed by atoms with Gasteiger partial charge in [0.15, 0.2) is 11.5 Å². The molecule has 0 aliphatic carbocycles. The van der Waals surface area contributed by atoms with E-state index in [0.29, 0.717) is 16.5 Å². The first kappa shape index (κ1) is 13.7. The summed E-state index contributed by atoms with van der Waals surface area (Å²) >= 11 is 5.92. The second-order valence-electron chi connectivity index (χ2n) is 4.60. The van der Waals surface area contributed by atoms with E-state index in [1.165, 1.54) is 0 Å². The fourth-order valence-corrected chi connectivity index (χ4v) is 2.36. The minimum absolute atomic E-state index is 0.672. The molecule has 3 nitrogen and oxygen atoms in total. The summed E-state index contributed by atoms with van der Waals surface area (Å²) in [7, 11) is 3.24. The van der Waals surface area contributed by atoms with Crippen LogP contribution in [0.15, 0.2) is 48.5 Å². The molecule has 1 aromatic heterocycles. The van der Waals surface area contributed by atoms with E-state index in [9.17, 15) is 0 Å². The zero-order valence-electron chi connectivity index (χ0n) is 11.8. The minimum atomic E-state index is 0.672. The maximum atomic E-state index is 5.92. The molecule has 0 radical (unpaired) electrons. The van der Waals surface area contributed by atoms with Gasteiger partial charge in [-0.15, -0.1) is 0 Å². The van der Waals surface area contributed by atoms with Crippen molar-refractivity contribution in [3.63, 3.8) is 0 Å². The predicted molar refractivity (Wildman–Crippen MR) is 85.3 cm³/mol.